The third kappa shape index (κ3) is 3.08. The summed E-state index contributed by atoms with van der Waals surface area (Å²) in [5.74, 6) is -1.46. The maximum absolute atomic E-state index is 15.1. The first kappa shape index (κ1) is 17.0. The van der Waals surface area contributed by atoms with Gasteiger partial charge >= 0.3 is 10.2 Å². The van der Waals surface area contributed by atoms with E-state index >= 15 is 4.39 Å². The van der Waals surface area contributed by atoms with Crippen LogP contribution in [0.25, 0.3) is 10.8 Å². The Morgan fingerprint density at radius 3 is 2.73 bits per heavy atom. The molecule has 4 rings (SSSR count). The summed E-state index contributed by atoms with van der Waals surface area (Å²) in [5.41, 5.74) is 0.339. The number of aromatic hydroxyl groups is 1. The molecule has 1 aliphatic heterocycles. The Labute approximate surface area is 150 Å². The summed E-state index contributed by atoms with van der Waals surface area (Å²) in [6.45, 7) is 0.923. The Bertz CT molecular complexity index is 1000. The van der Waals surface area contributed by atoms with Crippen molar-refractivity contribution in [2.45, 2.75) is 19.4 Å². The van der Waals surface area contributed by atoms with Crippen LogP contribution in [0, 0.1) is 11.7 Å². The van der Waals surface area contributed by atoms with Gasteiger partial charge in [-0.15, -0.1) is 0 Å². The van der Waals surface area contributed by atoms with Crippen LogP contribution in [0.3, 0.4) is 0 Å². The Hall–Kier alpha value is -2.39. The van der Waals surface area contributed by atoms with Crippen LogP contribution in [0.2, 0.25) is 0 Å². The topological polar surface area (TPSA) is 98.7 Å². The number of anilines is 1. The largest absolute Gasteiger partial charge is 0.506 e. The zero-order valence-corrected chi connectivity index (χ0v) is 14.6. The van der Waals surface area contributed by atoms with Gasteiger partial charge in [-0.2, -0.15) is 8.42 Å². The van der Waals surface area contributed by atoms with Gasteiger partial charge in [0.2, 0.25) is 0 Å². The molecular formula is C17H18FN3O4S. The number of amides is 1. The number of phenolic OH excluding ortho intramolecular Hbond substituents is 1. The van der Waals surface area contributed by atoms with Crippen molar-refractivity contribution >= 4 is 32.6 Å². The Kier molecular flexibility index (Phi) is 4.00. The molecule has 2 fully saturated rings. The van der Waals surface area contributed by atoms with Gasteiger partial charge in [-0.1, -0.05) is 12.1 Å². The van der Waals surface area contributed by atoms with E-state index in [0.717, 1.165) is 18.0 Å². The van der Waals surface area contributed by atoms with Crippen molar-refractivity contribution in [2.75, 3.05) is 17.4 Å². The van der Waals surface area contributed by atoms with Crippen molar-refractivity contribution in [2.24, 2.45) is 5.92 Å². The number of halogens is 1. The van der Waals surface area contributed by atoms with Crippen LogP contribution in [0.1, 0.15) is 18.4 Å². The predicted molar refractivity (Wildman–Crippen MR) is 94.4 cm³/mol. The molecule has 1 saturated heterocycles. The second kappa shape index (κ2) is 6.10. The smallest absolute Gasteiger partial charge is 0.326 e. The lowest BCUT2D eigenvalue weighted by atomic mass is 10.0. The molecule has 26 heavy (non-hydrogen) atoms. The van der Waals surface area contributed by atoms with Gasteiger partial charge in [0.25, 0.3) is 5.91 Å². The lowest BCUT2D eigenvalue weighted by Crippen LogP contribution is -2.30. The highest BCUT2D eigenvalue weighted by Crippen LogP contribution is 2.38. The van der Waals surface area contributed by atoms with Gasteiger partial charge in [0.05, 0.1) is 0 Å². The molecule has 0 aromatic heterocycles. The van der Waals surface area contributed by atoms with E-state index in [1.165, 1.54) is 18.9 Å². The molecule has 1 heterocycles. The Morgan fingerprint density at radius 2 is 2.08 bits per heavy atom. The lowest BCUT2D eigenvalue weighted by Gasteiger charge is -2.18. The van der Waals surface area contributed by atoms with E-state index < -0.39 is 39.9 Å². The van der Waals surface area contributed by atoms with Crippen LogP contribution in [0.5, 0.6) is 5.75 Å². The number of nitrogens with one attached hydrogen (secondary N) is 2. The summed E-state index contributed by atoms with van der Waals surface area (Å²) in [6.07, 6.45) is 2.47. The molecular weight excluding hydrogens is 361 g/mol. The molecule has 3 N–H and O–H groups in total. The molecule has 0 radical (unpaired) electrons. The number of rotatable bonds is 5. The molecule has 1 amide bonds. The molecule has 2 aliphatic rings. The number of hydrogen-bond acceptors (Lipinski definition) is 5. The van der Waals surface area contributed by atoms with Gasteiger partial charge in [0, 0.05) is 11.9 Å². The maximum atomic E-state index is 15.1. The van der Waals surface area contributed by atoms with Crippen molar-refractivity contribution in [1.29, 1.82) is 0 Å². The summed E-state index contributed by atoms with van der Waals surface area (Å²) in [7, 11) is -4.21. The van der Waals surface area contributed by atoms with Crippen LogP contribution in [0.4, 0.5) is 10.1 Å². The van der Waals surface area contributed by atoms with Gasteiger partial charge in [0.1, 0.15) is 18.0 Å². The van der Waals surface area contributed by atoms with Crippen LogP contribution < -0.4 is 14.3 Å². The van der Waals surface area contributed by atoms with E-state index in [9.17, 15) is 18.3 Å². The number of fused-ring (bicyclic) bond motifs is 1. The molecule has 1 aliphatic carbocycles. The Balaban J connectivity index is 1.72. The minimum absolute atomic E-state index is 0.193. The van der Waals surface area contributed by atoms with E-state index in [1.54, 1.807) is 16.9 Å². The van der Waals surface area contributed by atoms with Crippen molar-refractivity contribution < 1.29 is 22.7 Å². The first-order valence-corrected chi connectivity index (χ1v) is 9.77. The van der Waals surface area contributed by atoms with Gasteiger partial charge in [-0.05, 0) is 48.4 Å². The van der Waals surface area contributed by atoms with E-state index in [1.807, 2.05) is 6.07 Å². The monoisotopic (exact) mass is 379 g/mol. The Morgan fingerprint density at radius 1 is 1.31 bits per heavy atom. The van der Waals surface area contributed by atoms with Crippen LogP contribution in [0.15, 0.2) is 24.3 Å². The SMILES string of the molecule is O=C1CN(c2c(O)cc3ccc(CNCC4CC4)cc3c2F)S(=O)(=O)N1. The summed E-state index contributed by atoms with van der Waals surface area (Å²) in [6, 6.07) is 6.44. The minimum Gasteiger partial charge on any atom is -0.506 e. The van der Waals surface area contributed by atoms with Gasteiger partial charge in [-0.3, -0.25) is 4.79 Å². The summed E-state index contributed by atoms with van der Waals surface area (Å²) in [5, 5.41) is 14.1. The zero-order chi connectivity index (χ0) is 18.5. The molecule has 2 aromatic rings. The van der Waals surface area contributed by atoms with Crippen LogP contribution >= 0.6 is 0 Å². The summed E-state index contributed by atoms with van der Waals surface area (Å²) < 4.78 is 41.4. The minimum atomic E-state index is -4.21. The number of carbonyl (C=O) groups excluding carboxylic acids is 1. The average Bonchev–Trinajstić information content (AvgIpc) is 3.33. The van der Waals surface area contributed by atoms with Gasteiger partial charge in [-0.25, -0.2) is 13.4 Å². The van der Waals surface area contributed by atoms with Crippen molar-refractivity contribution in [1.82, 2.24) is 10.0 Å². The lowest BCUT2D eigenvalue weighted by molar-refractivity contribution is -0.117. The molecule has 0 spiro atoms. The molecule has 138 valence electrons. The summed E-state index contributed by atoms with van der Waals surface area (Å²) >= 11 is 0. The van der Waals surface area contributed by atoms with E-state index in [-0.39, 0.29) is 5.39 Å². The van der Waals surface area contributed by atoms with Gasteiger partial charge in [0.15, 0.2) is 5.82 Å². The first-order chi connectivity index (χ1) is 12.3. The summed E-state index contributed by atoms with van der Waals surface area (Å²) in [4.78, 5) is 11.4. The second-order valence-corrected chi connectivity index (χ2v) is 8.32. The van der Waals surface area contributed by atoms with Crippen LogP contribution in [-0.4, -0.2) is 32.5 Å². The fraction of sp³-hybridized carbons (Fsp3) is 0.353. The molecule has 7 nitrogen and oxygen atoms in total. The van der Waals surface area contributed by atoms with E-state index in [2.05, 4.69) is 5.32 Å². The fourth-order valence-electron chi connectivity index (χ4n) is 3.11. The maximum Gasteiger partial charge on any atom is 0.326 e. The number of carbonyl (C=O) groups is 1. The van der Waals surface area contributed by atoms with E-state index in [0.29, 0.717) is 16.2 Å². The number of benzene rings is 2. The molecule has 2 aromatic carbocycles. The zero-order valence-electron chi connectivity index (χ0n) is 13.8. The van der Waals surface area contributed by atoms with Crippen molar-refractivity contribution in [3.05, 3.63) is 35.6 Å². The quantitative estimate of drug-likeness (QED) is 0.729. The molecule has 0 unspecified atom stereocenters. The second-order valence-electron chi connectivity index (χ2n) is 6.72. The molecule has 0 bridgehead atoms. The normalized spacial score (nSPS) is 19.1. The molecule has 0 atom stereocenters. The first-order valence-electron chi connectivity index (χ1n) is 8.33. The van der Waals surface area contributed by atoms with E-state index in [4.69, 9.17) is 0 Å². The predicted octanol–water partition coefficient (Wildman–Crippen LogP) is 1.37. The van der Waals surface area contributed by atoms with Crippen molar-refractivity contribution in [3.63, 3.8) is 0 Å². The highest BCUT2D eigenvalue weighted by Gasteiger charge is 2.37. The number of phenols is 1. The fourth-order valence-corrected chi connectivity index (χ4v) is 4.27. The third-order valence-corrected chi connectivity index (χ3v) is 6.00. The highest BCUT2D eigenvalue weighted by atomic mass is 32.2. The third-order valence-electron chi connectivity index (χ3n) is 4.63. The average molecular weight is 379 g/mol. The van der Waals surface area contributed by atoms with Gasteiger partial charge < -0.3 is 10.4 Å². The van der Waals surface area contributed by atoms with Crippen LogP contribution in [-0.2, 0) is 21.5 Å². The molecule has 1 saturated carbocycles. The van der Waals surface area contributed by atoms with Crippen molar-refractivity contribution in [3.8, 4) is 5.75 Å². The highest BCUT2D eigenvalue weighted by molar-refractivity contribution is 7.92. The number of nitrogens with zero attached hydrogens (tertiary/aromatic N) is 1. The standard InChI is InChI=1S/C17H18FN3O4S/c18-16-13-5-11(8-19-7-10-1-2-10)3-4-12(13)6-14(22)17(16)21-9-15(23)20-26(21,24)25/h3-6,10,19,22H,1-2,7-9H2,(H,20,23). The number of hydrogen-bond donors (Lipinski definition) is 3. The molecule has 9 heteroatoms.